The Kier molecular flexibility index (Phi) is 4.58. The van der Waals surface area contributed by atoms with Crippen molar-refractivity contribution in [1.29, 1.82) is 0 Å². The molecular weight excluding hydrogens is 216 g/mol. The summed E-state index contributed by atoms with van der Waals surface area (Å²) in [6.45, 7) is 1.98. The standard InChI is InChI=1S/C11H17ClO3/c1-2-15-10(14)11(12)8-6-4-3-5-7-9(11)13/h2-8H2,1H3/t11-/m1/s1. The number of rotatable bonds is 2. The first-order valence-electron chi connectivity index (χ1n) is 5.50. The summed E-state index contributed by atoms with van der Waals surface area (Å²) in [5.41, 5.74) is 0. The maximum absolute atomic E-state index is 11.8. The molecule has 0 aliphatic heterocycles. The number of esters is 1. The summed E-state index contributed by atoms with van der Waals surface area (Å²) in [6, 6.07) is 0. The number of halogens is 1. The number of carbonyl (C=O) groups is 2. The van der Waals surface area contributed by atoms with Crippen molar-refractivity contribution in [1.82, 2.24) is 0 Å². The Labute approximate surface area is 95.1 Å². The molecule has 1 atom stereocenters. The van der Waals surface area contributed by atoms with Gasteiger partial charge in [-0.2, -0.15) is 0 Å². The molecule has 0 aromatic heterocycles. The first-order chi connectivity index (χ1) is 7.11. The minimum Gasteiger partial charge on any atom is -0.464 e. The van der Waals surface area contributed by atoms with E-state index < -0.39 is 10.8 Å². The highest BCUT2D eigenvalue weighted by atomic mass is 35.5. The van der Waals surface area contributed by atoms with Gasteiger partial charge in [0.15, 0.2) is 10.7 Å². The summed E-state index contributed by atoms with van der Waals surface area (Å²) in [5.74, 6) is -0.749. The molecule has 86 valence electrons. The quantitative estimate of drug-likeness (QED) is 0.417. The van der Waals surface area contributed by atoms with Crippen LogP contribution in [0.15, 0.2) is 0 Å². The summed E-state index contributed by atoms with van der Waals surface area (Å²) in [7, 11) is 0. The van der Waals surface area contributed by atoms with E-state index in [1.54, 1.807) is 6.92 Å². The number of ketones is 1. The molecule has 0 unspecified atom stereocenters. The molecule has 0 heterocycles. The lowest BCUT2D eigenvalue weighted by Crippen LogP contribution is -2.43. The lowest BCUT2D eigenvalue weighted by molar-refractivity contribution is -0.150. The molecule has 0 spiro atoms. The average molecular weight is 233 g/mol. The number of Topliss-reactive ketones (excluding diaryl/α,β-unsaturated/α-hetero) is 1. The summed E-state index contributed by atoms with van der Waals surface area (Å²) < 4.78 is 4.86. The number of alkyl halides is 1. The Hall–Kier alpha value is -0.570. The molecule has 0 aromatic carbocycles. The van der Waals surface area contributed by atoms with Crippen molar-refractivity contribution in [2.75, 3.05) is 6.61 Å². The van der Waals surface area contributed by atoms with Gasteiger partial charge in [0.1, 0.15) is 0 Å². The molecule has 1 saturated carbocycles. The smallest absolute Gasteiger partial charge is 0.334 e. The van der Waals surface area contributed by atoms with Gasteiger partial charge in [0.05, 0.1) is 6.61 Å². The van der Waals surface area contributed by atoms with Gasteiger partial charge in [-0.15, -0.1) is 0 Å². The van der Waals surface area contributed by atoms with Gasteiger partial charge in [0.25, 0.3) is 0 Å². The largest absolute Gasteiger partial charge is 0.464 e. The predicted octanol–water partition coefficient (Wildman–Crippen LogP) is 2.45. The van der Waals surface area contributed by atoms with E-state index in [-0.39, 0.29) is 12.4 Å². The van der Waals surface area contributed by atoms with Crippen LogP contribution in [0.5, 0.6) is 0 Å². The second kappa shape index (κ2) is 5.50. The summed E-state index contributed by atoms with van der Waals surface area (Å²) in [5, 5.41) is 0. The van der Waals surface area contributed by atoms with Crippen LogP contribution in [0.2, 0.25) is 0 Å². The molecule has 0 aromatic rings. The third-order valence-electron chi connectivity index (χ3n) is 2.72. The fourth-order valence-electron chi connectivity index (χ4n) is 1.81. The number of hydrogen-bond acceptors (Lipinski definition) is 3. The van der Waals surface area contributed by atoms with Crippen LogP contribution in [0.25, 0.3) is 0 Å². The average Bonchev–Trinajstić information content (AvgIpc) is 2.20. The molecule has 0 bridgehead atoms. The Bertz CT molecular complexity index is 242. The second-order valence-electron chi connectivity index (χ2n) is 3.86. The van der Waals surface area contributed by atoms with E-state index in [1.165, 1.54) is 0 Å². The van der Waals surface area contributed by atoms with Gasteiger partial charge in [-0.05, 0) is 19.8 Å². The van der Waals surface area contributed by atoms with Crippen molar-refractivity contribution in [3.8, 4) is 0 Å². The van der Waals surface area contributed by atoms with Gasteiger partial charge in [0.2, 0.25) is 0 Å². The van der Waals surface area contributed by atoms with Gasteiger partial charge in [-0.1, -0.05) is 30.9 Å². The van der Waals surface area contributed by atoms with E-state index in [1.807, 2.05) is 0 Å². The monoisotopic (exact) mass is 232 g/mol. The number of carbonyl (C=O) groups excluding carboxylic acids is 2. The summed E-state index contributed by atoms with van der Waals surface area (Å²) in [6.07, 6.45) is 4.51. The van der Waals surface area contributed by atoms with E-state index in [9.17, 15) is 9.59 Å². The van der Waals surface area contributed by atoms with Crippen LogP contribution in [0, 0.1) is 0 Å². The zero-order chi connectivity index (χ0) is 11.3. The molecule has 3 nitrogen and oxygen atoms in total. The molecule has 1 aliphatic rings. The highest BCUT2D eigenvalue weighted by molar-refractivity contribution is 6.45. The Morgan fingerprint density at radius 3 is 2.73 bits per heavy atom. The number of hydrogen-bond donors (Lipinski definition) is 0. The lowest BCUT2D eigenvalue weighted by Gasteiger charge is -2.25. The normalized spacial score (nSPS) is 28.0. The first-order valence-corrected chi connectivity index (χ1v) is 5.88. The van der Waals surface area contributed by atoms with Crippen LogP contribution < -0.4 is 0 Å². The Morgan fingerprint density at radius 1 is 1.40 bits per heavy atom. The first kappa shape index (κ1) is 12.5. The minimum atomic E-state index is -1.41. The van der Waals surface area contributed by atoms with E-state index in [0.29, 0.717) is 12.8 Å². The maximum atomic E-state index is 11.8. The van der Waals surface area contributed by atoms with Gasteiger partial charge >= 0.3 is 5.97 Å². The summed E-state index contributed by atoms with van der Waals surface area (Å²) >= 11 is 6.11. The van der Waals surface area contributed by atoms with E-state index >= 15 is 0 Å². The fraction of sp³-hybridized carbons (Fsp3) is 0.818. The molecule has 0 N–H and O–H groups in total. The van der Waals surface area contributed by atoms with Crippen LogP contribution in [0.3, 0.4) is 0 Å². The van der Waals surface area contributed by atoms with Gasteiger partial charge < -0.3 is 4.74 Å². The van der Waals surface area contributed by atoms with E-state index in [0.717, 1.165) is 25.7 Å². The Morgan fingerprint density at radius 2 is 2.07 bits per heavy atom. The van der Waals surface area contributed by atoms with Crippen molar-refractivity contribution in [2.45, 2.75) is 50.3 Å². The maximum Gasteiger partial charge on any atom is 0.334 e. The molecule has 1 rings (SSSR count). The SMILES string of the molecule is CCOC(=O)[C@@]1(Cl)CCCCCCC1=O. The van der Waals surface area contributed by atoms with Crippen LogP contribution in [0.4, 0.5) is 0 Å². The van der Waals surface area contributed by atoms with Crippen molar-refractivity contribution in [3.63, 3.8) is 0 Å². The van der Waals surface area contributed by atoms with Crippen LogP contribution in [-0.4, -0.2) is 23.2 Å². The molecule has 0 saturated heterocycles. The Balaban J connectivity index is 2.75. The third kappa shape index (κ3) is 2.94. The molecule has 1 aliphatic carbocycles. The number of ether oxygens (including phenoxy) is 1. The fourth-order valence-corrected chi connectivity index (χ4v) is 2.09. The molecule has 0 radical (unpaired) electrons. The summed E-state index contributed by atoms with van der Waals surface area (Å²) in [4.78, 5) is 22.0. The van der Waals surface area contributed by atoms with E-state index in [2.05, 4.69) is 0 Å². The molecule has 4 heteroatoms. The van der Waals surface area contributed by atoms with Gasteiger partial charge in [-0.25, -0.2) is 4.79 Å². The van der Waals surface area contributed by atoms with Crippen molar-refractivity contribution in [3.05, 3.63) is 0 Å². The lowest BCUT2D eigenvalue weighted by atomic mass is 9.89. The van der Waals surface area contributed by atoms with Crippen LogP contribution in [-0.2, 0) is 14.3 Å². The van der Waals surface area contributed by atoms with Gasteiger partial charge in [0, 0.05) is 6.42 Å². The predicted molar refractivity (Wildman–Crippen MR) is 57.9 cm³/mol. The zero-order valence-corrected chi connectivity index (χ0v) is 9.81. The minimum absolute atomic E-state index is 0.178. The highest BCUT2D eigenvalue weighted by Crippen LogP contribution is 2.30. The highest BCUT2D eigenvalue weighted by Gasteiger charge is 2.44. The molecule has 0 amide bonds. The third-order valence-corrected chi connectivity index (χ3v) is 3.27. The molecule has 1 fully saturated rings. The molecular formula is C11H17ClO3. The van der Waals surface area contributed by atoms with Crippen molar-refractivity contribution >= 4 is 23.4 Å². The second-order valence-corrected chi connectivity index (χ2v) is 4.50. The molecule has 15 heavy (non-hydrogen) atoms. The zero-order valence-electron chi connectivity index (χ0n) is 9.05. The van der Waals surface area contributed by atoms with Crippen LogP contribution in [0.1, 0.15) is 45.4 Å². The van der Waals surface area contributed by atoms with Crippen LogP contribution >= 0.6 is 11.6 Å². The van der Waals surface area contributed by atoms with Crippen molar-refractivity contribution in [2.24, 2.45) is 0 Å². The van der Waals surface area contributed by atoms with Gasteiger partial charge in [-0.3, -0.25) is 4.79 Å². The van der Waals surface area contributed by atoms with Crippen molar-refractivity contribution < 1.29 is 14.3 Å². The topological polar surface area (TPSA) is 43.4 Å². The van der Waals surface area contributed by atoms with E-state index in [4.69, 9.17) is 16.3 Å².